The standard InChI is InChI=1S/C15H20N2O2S/c1-18-13-4-2-12(3-5-13)10-16-14-17-15(11-20-14)6-8-19-9-7-15/h2-5H,6-11H2,1H3,(H,16,17). The predicted octanol–water partition coefficient (Wildman–Crippen LogP) is 2.44. The Hall–Kier alpha value is -1.20. The van der Waals surface area contributed by atoms with Gasteiger partial charge in [-0.15, -0.1) is 0 Å². The Bertz CT molecular complexity index is 481. The summed E-state index contributed by atoms with van der Waals surface area (Å²) in [7, 11) is 1.68. The minimum Gasteiger partial charge on any atom is -0.497 e. The Balaban J connectivity index is 1.59. The van der Waals surface area contributed by atoms with Crippen LogP contribution < -0.4 is 10.1 Å². The maximum absolute atomic E-state index is 5.44. The molecular weight excluding hydrogens is 272 g/mol. The van der Waals surface area contributed by atoms with Crippen molar-refractivity contribution in [2.75, 3.05) is 26.1 Å². The lowest BCUT2D eigenvalue weighted by Gasteiger charge is -2.32. The summed E-state index contributed by atoms with van der Waals surface area (Å²) in [5.74, 6) is 1.99. The number of hydrogen-bond donors (Lipinski definition) is 1. The van der Waals surface area contributed by atoms with Gasteiger partial charge in [-0.1, -0.05) is 23.9 Å². The molecule has 0 aromatic heterocycles. The summed E-state index contributed by atoms with van der Waals surface area (Å²) in [4.78, 5) is 4.69. The molecule has 0 unspecified atom stereocenters. The van der Waals surface area contributed by atoms with Gasteiger partial charge in [0.15, 0.2) is 5.17 Å². The van der Waals surface area contributed by atoms with Crippen molar-refractivity contribution in [2.24, 2.45) is 4.99 Å². The molecule has 3 rings (SSSR count). The number of nitrogens with zero attached hydrogens (tertiary/aromatic N) is 1. The third-order valence-electron chi connectivity index (χ3n) is 3.87. The maximum atomic E-state index is 5.44. The van der Waals surface area contributed by atoms with Crippen LogP contribution in [0.1, 0.15) is 18.4 Å². The Morgan fingerprint density at radius 1 is 1.30 bits per heavy atom. The van der Waals surface area contributed by atoms with Gasteiger partial charge in [0.25, 0.3) is 0 Å². The molecule has 2 aliphatic rings. The van der Waals surface area contributed by atoms with E-state index in [1.54, 1.807) is 7.11 Å². The molecule has 1 N–H and O–H groups in total. The first kappa shape index (κ1) is 13.8. The zero-order valence-corrected chi connectivity index (χ0v) is 12.5. The zero-order chi connectivity index (χ0) is 13.8. The normalized spacial score (nSPS) is 22.9. The molecule has 2 aliphatic heterocycles. The van der Waals surface area contributed by atoms with E-state index in [0.717, 1.165) is 42.7 Å². The van der Waals surface area contributed by atoms with Gasteiger partial charge in [-0.25, -0.2) is 0 Å². The SMILES string of the molecule is COc1ccc(CN=C2NC3(CCOCC3)CS2)cc1. The zero-order valence-electron chi connectivity index (χ0n) is 11.7. The van der Waals surface area contributed by atoms with E-state index in [2.05, 4.69) is 22.4 Å². The molecule has 0 aliphatic carbocycles. The number of benzene rings is 1. The lowest BCUT2D eigenvalue weighted by Crippen LogP contribution is -2.48. The minimum absolute atomic E-state index is 0.224. The van der Waals surface area contributed by atoms with Gasteiger partial charge < -0.3 is 14.8 Å². The summed E-state index contributed by atoms with van der Waals surface area (Å²) in [5, 5.41) is 4.68. The van der Waals surface area contributed by atoms with Gasteiger partial charge in [0.05, 0.1) is 19.2 Å². The van der Waals surface area contributed by atoms with Gasteiger partial charge in [0.1, 0.15) is 5.75 Å². The van der Waals surface area contributed by atoms with Gasteiger partial charge >= 0.3 is 0 Å². The highest BCUT2D eigenvalue weighted by atomic mass is 32.2. The Morgan fingerprint density at radius 2 is 2.05 bits per heavy atom. The van der Waals surface area contributed by atoms with E-state index in [1.165, 1.54) is 5.56 Å². The van der Waals surface area contributed by atoms with E-state index in [1.807, 2.05) is 23.9 Å². The van der Waals surface area contributed by atoms with E-state index in [9.17, 15) is 0 Å². The molecule has 2 saturated heterocycles. The molecule has 2 fully saturated rings. The fraction of sp³-hybridized carbons (Fsp3) is 0.533. The fourth-order valence-corrected chi connectivity index (χ4v) is 3.73. The van der Waals surface area contributed by atoms with Crippen LogP contribution in [-0.4, -0.2) is 36.8 Å². The monoisotopic (exact) mass is 292 g/mol. The number of nitrogens with one attached hydrogen (secondary N) is 1. The second-order valence-electron chi connectivity index (χ2n) is 5.28. The first-order chi connectivity index (χ1) is 9.80. The highest BCUT2D eigenvalue weighted by Gasteiger charge is 2.38. The molecule has 2 heterocycles. The summed E-state index contributed by atoms with van der Waals surface area (Å²) >= 11 is 1.83. The number of amidine groups is 1. The molecule has 1 aromatic rings. The minimum atomic E-state index is 0.224. The predicted molar refractivity (Wildman–Crippen MR) is 82.5 cm³/mol. The average molecular weight is 292 g/mol. The van der Waals surface area contributed by atoms with Crippen molar-refractivity contribution in [1.29, 1.82) is 0 Å². The van der Waals surface area contributed by atoms with Crippen molar-refractivity contribution < 1.29 is 9.47 Å². The van der Waals surface area contributed by atoms with Crippen molar-refractivity contribution in [2.45, 2.75) is 24.9 Å². The smallest absolute Gasteiger partial charge is 0.157 e. The molecule has 0 bridgehead atoms. The summed E-state index contributed by atoms with van der Waals surface area (Å²) in [6.45, 7) is 2.44. The summed E-state index contributed by atoms with van der Waals surface area (Å²) in [6.07, 6.45) is 2.17. The number of ether oxygens (including phenoxy) is 2. The molecule has 1 spiro atoms. The van der Waals surface area contributed by atoms with Gasteiger partial charge in [-0.2, -0.15) is 0 Å². The van der Waals surface area contributed by atoms with E-state index >= 15 is 0 Å². The molecule has 20 heavy (non-hydrogen) atoms. The van der Waals surface area contributed by atoms with Crippen LogP contribution in [0.2, 0.25) is 0 Å². The van der Waals surface area contributed by atoms with Gasteiger partial charge in [-0.3, -0.25) is 4.99 Å². The van der Waals surface area contributed by atoms with Gasteiger partial charge in [0.2, 0.25) is 0 Å². The number of thioether (sulfide) groups is 1. The van der Waals surface area contributed by atoms with Crippen molar-refractivity contribution >= 4 is 16.9 Å². The molecule has 0 radical (unpaired) electrons. The Kier molecular flexibility index (Phi) is 4.17. The van der Waals surface area contributed by atoms with Crippen LogP contribution in [0.15, 0.2) is 29.3 Å². The lowest BCUT2D eigenvalue weighted by atomic mass is 9.93. The third kappa shape index (κ3) is 3.10. The number of methoxy groups -OCH3 is 1. The van der Waals surface area contributed by atoms with E-state index in [-0.39, 0.29) is 5.54 Å². The van der Waals surface area contributed by atoms with Crippen LogP contribution in [0, 0.1) is 0 Å². The van der Waals surface area contributed by atoms with Crippen LogP contribution >= 0.6 is 11.8 Å². The van der Waals surface area contributed by atoms with Crippen LogP contribution in [0.25, 0.3) is 0 Å². The summed E-state index contributed by atoms with van der Waals surface area (Å²) in [6, 6.07) is 8.08. The summed E-state index contributed by atoms with van der Waals surface area (Å²) < 4.78 is 10.6. The number of rotatable bonds is 3. The Morgan fingerprint density at radius 3 is 2.75 bits per heavy atom. The van der Waals surface area contributed by atoms with Gasteiger partial charge in [-0.05, 0) is 30.5 Å². The van der Waals surface area contributed by atoms with Crippen LogP contribution in [-0.2, 0) is 11.3 Å². The van der Waals surface area contributed by atoms with Crippen LogP contribution in [0.4, 0.5) is 0 Å². The van der Waals surface area contributed by atoms with Gasteiger partial charge in [0, 0.05) is 19.0 Å². The average Bonchev–Trinajstić information content (AvgIpc) is 2.89. The largest absolute Gasteiger partial charge is 0.497 e. The highest BCUT2D eigenvalue weighted by molar-refractivity contribution is 8.14. The van der Waals surface area contributed by atoms with Crippen molar-refractivity contribution in [3.8, 4) is 5.75 Å². The molecule has 0 amide bonds. The Labute approximate surface area is 123 Å². The van der Waals surface area contributed by atoms with E-state index in [4.69, 9.17) is 9.47 Å². The lowest BCUT2D eigenvalue weighted by molar-refractivity contribution is 0.0555. The second-order valence-corrected chi connectivity index (χ2v) is 6.24. The first-order valence-electron chi connectivity index (χ1n) is 6.96. The van der Waals surface area contributed by atoms with Crippen LogP contribution in [0.3, 0.4) is 0 Å². The van der Waals surface area contributed by atoms with Crippen molar-refractivity contribution in [3.63, 3.8) is 0 Å². The van der Waals surface area contributed by atoms with Crippen LogP contribution in [0.5, 0.6) is 5.75 Å². The molecule has 5 heteroatoms. The molecule has 0 atom stereocenters. The van der Waals surface area contributed by atoms with Crippen molar-refractivity contribution in [3.05, 3.63) is 29.8 Å². The molecule has 108 valence electrons. The highest BCUT2D eigenvalue weighted by Crippen LogP contribution is 2.31. The fourth-order valence-electron chi connectivity index (χ4n) is 2.52. The molecular formula is C15H20N2O2S. The molecule has 4 nitrogen and oxygen atoms in total. The van der Waals surface area contributed by atoms with E-state index in [0.29, 0.717) is 6.54 Å². The summed E-state index contributed by atoms with van der Waals surface area (Å²) in [5.41, 5.74) is 1.43. The quantitative estimate of drug-likeness (QED) is 0.929. The molecule has 0 saturated carbocycles. The maximum Gasteiger partial charge on any atom is 0.157 e. The topological polar surface area (TPSA) is 42.8 Å². The van der Waals surface area contributed by atoms with E-state index < -0.39 is 0 Å². The number of hydrogen-bond acceptors (Lipinski definition) is 4. The third-order valence-corrected chi connectivity index (χ3v) is 5.07. The first-order valence-corrected chi connectivity index (χ1v) is 7.94. The van der Waals surface area contributed by atoms with Crippen molar-refractivity contribution in [1.82, 2.24) is 5.32 Å². The molecule has 1 aromatic carbocycles. The second kappa shape index (κ2) is 6.06. The number of aliphatic imine (C=N–C) groups is 1.